The minimum atomic E-state index is 0.887. The van der Waals surface area contributed by atoms with Gasteiger partial charge in [-0.15, -0.1) is 0 Å². The number of aromatic nitrogens is 1. The minimum absolute atomic E-state index is 0.887. The molecular formula is C21H20N2. The van der Waals surface area contributed by atoms with E-state index in [2.05, 4.69) is 50.0 Å². The predicted molar refractivity (Wildman–Crippen MR) is 96.6 cm³/mol. The topological polar surface area (TPSA) is 25.2 Å². The number of nitrogens with zero attached hydrogens (tertiary/aromatic N) is 2. The first-order valence-electron chi connectivity index (χ1n) is 7.78. The van der Waals surface area contributed by atoms with Gasteiger partial charge in [0, 0.05) is 11.8 Å². The highest BCUT2D eigenvalue weighted by atomic mass is 14.8. The summed E-state index contributed by atoms with van der Waals surface area (Å²) in [6, 6.07) is 20.5. The van der Waals surface area contributed by atoms with E-state index in [1.165, 1.54) is 16.7 Å². The van der Waals surface area contributed by atoms with Crippen LogP contribution in [-0.4, -0.2) is 10.7 Å². The molecule has 0 amide bonds. The largest absolute Gasteiger partial charge is 0.255 e. The van der Waals surface area contributed by atoms with Crippen molar-refractivity contribution in [3.63, 3.8) is 0 Å². The van der Waals surface area contributed by atoms with Gasteiger partial charge >= 0.3 is 0 Å². The lowest BCUT2D eigenvalue weighted by Crippen LogP contribution is -2.05. The average Bonchev–Trinajstić information content (AvgIpc) is 2.56. The lowest BCUT2D eigenvalue weighted by molar-refractivity contribution is 1.25. The Morgan fingerprint density at radius 2 is 1.48 bits per heavy atom. The van der Waals surface area contributed by atoms with E-state index < -0.39 is 0 Å². The summed E-state index contributed by atoms with van der Waals surface area (Å²) in [5.74, 6) is 0. The fraction of sp³-hybridized carbons (Fsp3) is 0.143. The Bertz CT molecular complexity index is 770. The van der Waals surface area contributed by atoms with E-state index in [4.69, 9.17) is 4.99 Å². The van der Waals surface area contributed by atoms with Gasteiger partial charge in [0.2, 0.25) is 0 Å². The maximum Gasteiger partial charge on any atom is 0.0965 e. The highest BCUT2D eigenvalue weighted by Gasteiger charge is 2.10. The van der Waals surface area contributed by atoms with Gasteiger partial charge in [-0.3, -0.25) is 4.98 Å². The van der Waals surface area contributed by atoms with Crippen LogP contribution in [0.25, 0.3) is 0 Å². The fourth-order valence-corrected chi connectivity index (χ4v) is 2.83. The molecule has 0 N–H and O–H groups in total. The Kier molecular flexibility index (Phi) is 4.33. The second-order valence-electron chi connectivity index (χ2n) is 5.79. The molecule has 0 bridgehead atoms. The summed E-state index contributed by atoms with van der Waals surface area (Å²) in [6.45, 7) is 6.34. The number of hydrogen-bond acceptors (Lipinski definition) is 2. The lowest BCUT2D eigenvalue weighted by atomic mass is 10.0. The van der Waals surface area contributed by atoms with Crippen molar-refractivity contribution in [2.24, 2.45) is 4.99 Å². The summed E-state index contributed by atoms with van der Waals surface area (Å²) in [4.78, 5) is 9.49. The molecule has 0 aliphatic rings. The summed E-state index contributed by atoms with van der Waals surface area (Å²) >= 11 is 0. The summed E-state index contributed by atoms with van der Waals surface area (Å²) in [7, 11) is 0. The van der Waals surface area contributed by atoms with Crippen molar-refractivity contribution < 1.29 is 0 Å². The minimum Gasteiger partial charge on any atom is -0.255 e. The molecule has 0 fully saturated rings. The van der Waals surface area contributed by atoms with Crippen LogP contribution in [0.4, 0.5) is 5.69 Å². The van der Waals surface area contributed by atoms with E-state index in [9.17, 15) is 0 Å². The van der Waals surface area contributed by atoms with Crippen LogP contribution in [-0.2, 0) is 0 Å². The Labute approximate surface area is 137 Å². The van der Waals surface area contributed by atoms with E-state index >= 15 is 0 Å². The molecule has 3 rings (SSSR count). The van der Waals surface area contributed by atoms with Crippen LogP contribution >= 0.6 is 0 Å². The van der Waals surface area contributed by atoms with E-state index in [0.29, 0.717) is 0 Å². The summed E-state index contributed by atoms with van der Waals surface area (Å²) in [5, 5.41) is 0. The molecule has 1 heterocycles. The van der Waals surface area contributed by atoms with Crippen LogP contribution in [0.1, 0.15) is 27.9 Å². The standard InChI is InChI=1S/C21H20N2/c1-15-13-16(2)20(17(3)14-15)23-21(18-9-5-4-6-10-18)19-11-7-8-12-22-19/h4-14H,1-3H3. The Hall–Kier alpha value is -2.74. The SMILES string of the molecule is Cc1cc(C)c(N=C(c2ccccc2)c2ccccn2)c(C)c1. The third-order valence-corrected chi connectivity index (χ3v) is 3.81. The molecule has 2 heteroatoms. The quantitative estimate of drug-likeness (QED) is 0.612. The molecule has 0 radical (unpaired) electrons. The number of aliphatic imine (C=N–C) groups is 1. The van der Waals surface area contributed by atoms with Crippen molar-refractivity contribution in [3.05, 3.63) is 94.8 Å². The molecule has 23 heavy (non-hydrogen) atoms. The highest BCUT2D eigenvalue weighted by molar-refractivity contribution is 6.12. The molecule has 114 valence electrons. The number of rotatable bonds is 3. The second-order valence-corrected chi connectivity index (χ2v) is 5.79. The molecule has 0 saturated carbocycles. The van der Waals surface area contributed by atoms with Gasteiger partial charge in [-0.1, -0.05) is 54.1 Å². The molecular weight excluding hydrogens is 280 g/mol. The van der Waals surface area contributed by atoms with Crippen LogP contribution in [0.2, 0.25) is 0 Å². The zero-order valence-corrected chi connectivity index (χ0v) is 13.7. The number of aryl methyl sites for hydroxylation is 3. The molecule has 0 spiro atoms. The predicted octanol–water partition coefficient (Wildman–Crippen LogP) is 5.18. The van der Waals surface area contributed by atoms with Gasteiger partial charge in [-0.25, -0.2) is 4.99 Å². The lowest BCUT2D eigenvalue weighted by Gasteiger charge is -2.11. The highest BCUT2D eigenvalue weighted by Crippen LogP contribution is 2.27. The molecule has 0 saturated heterocycles. The smallest absolute Gasteiger partial charge is 0.0965 e. The second kappa shape index (κ2) is 6.57. The molecule has 0 atom stereocenters. The molecule has 1 aromatic heterocycles. The summed E-state index contributed by atoms with van der Waals surface area (Å²) in [6.07, 6.45) is 1.81. The van der Waals surface area contributed by atoms with Crippen LogP contribution in [0, 0.1) is 20.8 Å². The molecule has 0 aliphatic heterocycles. The van der Waals surface area contributed by atoms with Crippen molar-refractivity contribution in [2.75, 3.05) is 0 Å². The Morgan fingerprint density at radius 3 is 2.09 bits per heavy atom. The summed E-state index contributed by atoms with van der Waals surface area (Å²) in [5.41, 5.74) is 7.53. The van der Waals surface area contributed by atoms with Crippen LogP contribution in [0.15, 0.2) is 71.9 Å². The third kappa shape index (κ3) is 3.37. The van der Waals surface area contributed by atoms with Crippen molar-refractivity contribution in [2.45, 2.75) is 20.8 Å². The van der Waals surface area contributed by atoms with Gasteiger partial charge in [0.05, 0.1) is 17.1 Å². The van der Waals surface area contributed by atoms with E-state index in [1.807, 2.05) is 42.6 Å². The first-order valence-corrected chi connectivity index (χ1v) is 7.78. The van der Waals surface area contributed by atoms with Gasteiger partial charge in [-0.05, 0) is 44.0 Å². The van der Waals surface area contributed by atoms with E-state index in [0.717, 1.165) is 22.7 Å². The number of hydrogen-bond donors (Lipinski definition) is 0. The molecule has 0 aliphatic carbocycles. The number of pyridine rings is 1. The normalized spacial score (nSPS) is 11.5. The fourth-order valence-electron chi connectivity index (χ4n) is 2.83. The zero-order chi connectivity index (χ0) is 16.2. The van der Waals surface area contributed by atoms with E-state index in [1.54, 1.807) is 0 Å². The zero-order valence-electron chi connectivity index (χ0n) is 13.7. The van der Waals surface area contributed by atoms with Gasteiger partial charge in [0.15, 0.2) is 0 Å². The first-order chi connectivity index (χ1) is 11.1. The van der Waals surface area contributed by atoms with Crippen LogP contribution in [0.5, 0.6) is 0 Å². The Balaban J connectivity index is 2.21. The number of benzene rings is 2. The molecule has 3 aromatic rings. The summed E-state index contributed by atoms with van der Waals surface area (Å²) < 4.78 is 0. The van der Waals surface area contributed by atoms with Crippen molar-refractivity contribution in [1.82, 2.24) is 4.98 Å². The van der Waals surface area contributed by atoms with Crippen LogP contribution in [0.3, 0.4) is 0 Å². The Morgan fingerprint density at radius 1 is 0.826 bits per heavy atom. The van der Waals surface area contributed by atoms with Gasteiger partial charge in [0.25, 0.3) is 0 Å². The maximum absolute atomic E-state index is 4.99. The monoisotopic (exact) mass is 300 g/mol. The molecule has 0 unspecified atom stereocenters. The molecule has 2 nitrogen and oxygen atoms in total. The van der Waals surface area contributed by atoms with Crippen molar-refractivity contribution >= 4 is 11.4 Å². The third-order valence-electron chi connectivity index (χ3n) is 3.81. The maximum atomic E-state index is 4.99. The van der Waals surface area contributed by atoms with Gasteiger partial charge in [-0.2, -0.15) is 0 Å². The van der Waals surface area contributed by atoms with Gasteiger partial charge < -0.3 is 0 Å². The van der Waals surface area contributed by atoms with E-state index in [-0.39, 0.29) is 0 Å². The van der Waals surface area contributed by atoms with Crippen LogP contribution < -0.4 is 0 Å². The molecule has 2 aromatic carbocycles. The first kappa shape index (κ1) is 15.2. The van der Waals surface area contributed by atoms with Gasteiger partial charge in [0.1, 0.15) is 0 Å². The average molecular weight is 300 g/mol. The van der Waals surface area contributed by atoms with Crippen molar-refractivity contribution in [3.8, 4) is 0 Å². The van der Waals surface area contributed by atoms with Crippen molar-refractivity contribution in [1.29, 1.82) is 0 Å².